The first kappa shape index (κ1) is 53.2. The Morgan fingerprint density at radius 3 is 1.17 bits per heavy atom. The number of hydrogen-bond donors (Lipinski definition) is 4. The van der Waals surface area contributed by atoms with Gasteiger partial charge in [0.15, 0.2) is 52.4 Å². The molecular formula is C43H53BrF9N3O7. The highest BCUT2D eigenvalue weighted by atomic mass is 79.9. The van der Waals surface area contributed by atoms with E-state index in [2.05, 4.69) is 26.6 Å². The Labute approximate surface area is 368 Å². The highest BCUT2D eigenvalue weighted by molar-refractivity contribution is 9.08. The monoisotopic (exact) mass is 973 g/mol. The second-order valence-electron chi connectivity index (χ2n) is 17.1. The molecule has 352 valence electrons. The van der Waals surface area contributed by atoms with Gasteiger partial charge in [0.1, 0.15) is 11.2 Å². The molecule has 3 aromatic rings. The second kappa shape index (κ2) is 23.7. The highest BCUT2D eigenvalue weighted by Gasteiger charge is 2.33. The summed E-state index contributed by atoms with van der Waals surface area (Å²) >= 11 is 2.99. The van der Waals surface area contributed by atoms with Crippen LogP contribution in [0.15, 0.2) is 36.4 Å². The summed E-state index contributed by atoms with van der Waals surface area (Å²) in [6.45, 7) is 10.9. The third-order valence-electron chi connectivity index (χ3n) is 9.04. The number of rotatable bonds is 9. The van der Waals surface area contributed by atoms with Gasteiger partial charge in [-0.15, -0.1) is 0 Å². The number of aliphatic hydroxyl groups excluding tert-OH is 1. The molecule has 6 rings (SSSR count). The van der Waals surface area contributed by atoms with Crippen LogP contribution in [-0.4, -0.2) is 64.9 Å². The average molecular weight is 975 g/mol. The summed E-state index contributed by atoms with van der Waals surface area (Å²) in [4.78, 5) is 22.7. The van der Waals surface area contributed by atoms with E-state index in [9.17, 15) is 49.1 Å². The minimum absolute atomic E-state index is 0.0159. The van der Waals surface area contributed by atoms with E-state index in [1.165, 1.54) is 0 Å². The fourth-order valence-corrected chi connectivity index (χ4v) is 6.04. The van der Waals surface area contributed by atoms with Gasteiger partial charge in [-0.1, -0.05) is 15.9 Å². The van der Waals surface area contributed by atoms with Gasteiger partial charge < -0.3 is 40.4 Å². The Bertz CT molecular complexity index is 1920. The third kappa shape index (κ3) is 18.9. The van der Waals surface area contributed by atoms with E-state index in [1.807, 2.05) is 20.8 Å². The Balaban J connectivity index is 0.000000233. The van der Waals surface area contributed by atoms with Gasteiger partial charge >= 0.3 is 12.2 Å². The van der Waals surface area contributed by atoms with E-state index in [-0.39, 0.29) is 60.8 Å². The van der Waals surface area contributed by atoms with Crippen molar-refractivity contribution in [3.05, 3.63) is 105 Å². The van der Waals surface area contributed by atoms with Crippen molar-refractivity contribution >= 4 is 28.1 Å². The van der Waals surface area contributed by atoms with E-state index in [1.54, 1.807) is 20.8 Å². The quantitative estimate of drug-likeness (QED) is 0.0944. The maximum atomic E-state index is 13.1. The molecule has 0 aliphatic heterocycles. The lowest BCUT2D eigenvalue weighted by molar-refractivity contribution is -0.0293. The van der Waals surface area contributed by atoms with E-state index < -0.39 is 75.7 Å². The molecule has 0 radical (unpaired) electrons. The van der Waals surface area contributed by atoms with E-state index >= 15 is 0 Å². The van der Waals surface area contributed by atoms with Crippen LogP contribution in [0.25, 0.3) is 0 Å². The van der Waals surface area contributed by atoms with Crippen LogP contribution in [0.4, 0.5) is 49.1 Å². The Morgan fingerprint density at radius 1 is 0.587 bits per heavy atom. The van der Waals surface area contributed by atoms with Crippen molar-refractivity contribution in [1.82, 2.24) is 10.6 Å². The third-order valence-corrected chi connectivity index (χ3v) is 9.69. The Hall–Kier alpha value is -4.11. The number of alkyl halides is 1. The molecule has 0 heterocycles. The van der Waals surface area contributed by atoms with Gasteiger partial charge in [-0.25, -0.2) is 49.1 Å². The molecule has 0 aromatic heterocycles. The molecule has 3 saturated carbocycles. The van der Waals surface area contributed by atoms with Gasteiger partial charge in [0.25, 0.3) is 0 Å². The number of carbonyl (C=O) groups excluding carboxylic acids is 2. The Morgan fingerprint density at radius 2 is 0.889 bits per heavy atom. The minimum atomic E-state index is -1.49. The smallest absolute Gasteiger partial charge is 0.407 e. The van der Waals surface area contributed by atoms with Crippen molar-refractivity contribution in [2.75, 3.05) is 0 Å². The predicted octanol–water partition coefficient (Wildman–Crippen LogP) is 9.82. The molecule has 3 aliphatic rings. The van der Waals surface area contributed by atoms with Crippen LogP contribution in [0.5, 0.6) is 0 Å². The zero-order valence-electron chi connectivity index (χ0n) is 35.5. The fraction of sp³-hybridized carbons (Fsp3) is 0.535. The number of ether oxygens (including phenoxy) is 4. The summed E-state index contributed by atoms with van der Waals surface area (Å²) in [5.74, 6) is -11.5. The van der Waals surface area contributed by atoms with Gasteiger partial charge in [0, 0.05) is 23.5 Å². The van der Waals surface area contributed by atoms with Crippen molar-refractivity contribution in [2.24, 2.45) is 5.73 Å². The molecule has 2 amide bonds. The lowest BCUT2D eigenvalue weighted by Gasteiger charge is -2.36. The van der Waals surface area contributed by atoms with Gasteiger partial charge in [-0.2, -0.15) is 0 Å². The highest BCUT2D eigenvalue weighted by Crippen LogP contribution is 2.26. The fourth-order valence-electron chi connectivity index (χ4n) is 5.71. The van der Waals surface area contributed by atoms with Crippen LogP contribution in [0.2, 0.25) is 0 Å². The summed E-state index contributed by atoms with van der Waals surface area (Å²) in [7, 11) is 0. The predicted molar refractivity (Wildman–Crippen MR) is 217 cm³/mol. The Kier molecular flexibility index (Phi) is 20.0. The van der Waals surface area contributed by atoms with Crippen molar-refractivity contribution in [1.29, 1.82) is 0 Å². The molecule has 63 heavy (non-hydrogen) atoms. The molecule has 0 saturated heterocycles. The van der Waals surface area contributed by atoms with Crippen molar-refractivity contribution in [3.8, 4) is 0 Å². The molecule has 3 fully saturated rings. The number of alkyl carbamates (subject to hydrolysis) is 2. The van der Waals surface area contributed by atoms with Gasteiger partial charge in [0.05, 0.1) is 31.5 Å². The summed E-state index contributed by atoms with van der Waals surface area (Å²) in [5, 5.41) is 14.7. The zero-order valence-corrected chi connectivity index (χ0v) is 37.1. The summed E-state index contributed by atoms with van der Waals surface area (Å²) in [5.41, 5.74) is 5.44. The average Bonchev–Trinajstić information content (AvgIpc) is 3.12. The summed E-state index contributed by atoms with van der Waals surface area (Å²) in [6.07, 6.45) is 2.76. The number of hydrogen-bond acceptors (Lipinski definition) is 8. The van der Waals surface area contributed by atoms with Crippen LogP contribution in [0.3, 0.4) is 0 Å². The minimum Gasteiger partial charge on any atom is -0.444 e. The second-order valence-corrected chi connectivity index (χ2v) is 17.7. The molecule has 0 atom stereocenters. The molecule has 5 N–H and O–H groups in total. The molecule has 0 spiro atoms. The zero-order chi connectivity index (χ0) is 47.4. The van der Waals surface area contributed by atoms with Gasteiger partial charge in [-0.05, 0) is 133 Å². The first-order chi connectivity index (χ1) is 29.2. The number of nitrogens with two attached hydrogens (primary N) is 1. The first-order valence-electron chi connectivity index (χ1n) is 19.8. The normalized spacial score (nSPS) is 21.2. The number of aliphatic hydroxyl groups is 1. The standard InChI is InChI=1S/C16H20F3NO3.C11H12F3NO.C9H17NO3.C7H4BrF3/c1-16(2,3)23-15(21)20-10-6-11(7-10)22-8-9-4-12(17)14(19)13(18)5-9;12-9-1-6(2-10(13)11(9)14)5-16-8-3-7(15)4-8;1-9(2,3)13-8(12)10-6-4-7(11)5-6;8-3-4-1-5(9)7(11)6(10)2-4/h4-5,10-11H,6-8H2,1-3H3,(H,20,21);1-2,7-8H,3-5,15H2;6-7,11H,4-5H2,1-3H3,(H,10,12);1-2H,3H2. The SMILES string of the molecule is CC(C)(C)OC(=O)NC1CC(O)C1.CC(C)(C)OC(=O)NC1CC(OCc2cc(F)c(F)c(F)c2)C1.Fc1cc(CBr)cc(F)c1F.NC1CC(OCc2cc(F)c(F)c(F)c2)C1. The van der Waals surface area contributed by atoms with Crippen LogP contribution >= 0.6 is 15.9 Å². The number of benzene rings is 3. The maximum Gasteiger partial charge on any atom is 0.407 e. The molecule has 0 bridgehead atoms. The van der Waals surface area contributed by atoms with E-state index in [0.29, 0.717) is 36.6 Å². The number of carbonyl (C=O) groups is 2. The van der Waals surface area contributed by atoms with E-state index in [0.717, 1.165) is 49.2 Å². The number of halogens is 10. The molecule has 20 heteroatoms. The van der Waals surface area contributed by atoms with E-state index in [4.69, 9.17) is 29.8 Å². The molecule has 3 aliphatic carbocycles. The van der Waals surface area contributed by atoms with Gasteiger partial charge in [-0.3, -0.25) is 0 Å². The summed E-state index contributed by atoms with van der Waals surface area (Å²) < 4.78 is 135. The van der Waals surface area contributed by atoms with Crippen LogP contribution in [0.1, 0.15) is 96.8 Å². The largest absolute Gasteiger partial charge is 0.444 e. The lowest BCUT2D eigenvalue weighted by Crippen LogP contribution is -2.49. The van der Waals surface area contributed by atoms with Crippen molar-refractivity contribution < 1.29 is 73.2 Å². The molecular weight excluding hydrogens is 921 g/mol. The topological polar surface area (TPSA) is 141 Å². The molecule has 10 nitrogen and oxygen atoms in total. The van der Waals surface area contributed by atoms with Crippen LogP contribution in [0, 0.1) is 52.4 Å². The van der Waals surface area contributed by atoms with Crippen molar-refractivity contribution in [2.45, 2.75) is 146 Å². The van der Waals surface area contributed by atoms with Gasteiger partial charge in [0.2, 0.25) is 0 Å². The molecule has 0 unspecified atom stereocenters. The number of amides is 2. The summed E-state index contributed by atoms with van der Waals surface area (Å²) in [6, 6.07) is 5.81. The lowest BCUT2D eigenvalue weighted by atomic mass is 9.89. The van der Waals surface area contributed by atoms with Crippen LogP contribution in [-0.2, 0) is 37.5 Å². The number of nitrogens with one attached hydrogen (secondary N) is 2. The van der Waals surface area contributed by atoms with Crippen LogP contribution < -0.4 is 16.4 Å². The maximum absolute atomic E-state index is 13.1. The molecule has 3 aromatic carbocycles. The first-order valence-corrected chi connectivity index (χ1v) is 21.0. The van der Waals surface area contributed by atoms with Crippen molar-refractivity contribution in [3.63, 3.8) is 0 Å².